The number of benzene rings is 4. The number of anilines is 1. The van der Waals surface area contributed by atoms with E-state index in [0.717, 1.165) is 33.6 Å². The maximum Gasteiger partial charge on any atom is 0.260 e. The fourth-order valence-electron chi connectivity index (χ4n) is 10.2. The molecule has 81 heavy (non-hydrogen) atoms. The first-order chi connectivity index (χ1) is 39.5. The largest absolute Gasteiger partial charge is 0.497 e. The predicted molar refractivity (Wildman–Crippen MR) is 315 cm³/mol. The van der Waals surface area contributed by atoms with Crippen molar-refractivity contribution in [3.05, 3.63) is 125 Å². The smallest absolute Gasteiger partial charge is 0.260 e. The second kappa shape index (κ2) is 26.9. The topological polar surface area (TPSA) is 215 Å². The van der Waals surface area contributed by atoms with Gasteiger partial charge in [-0.15, -0.1) is 0 Å². The highest BCUT2D eigenvalue weighted by Gasteiger charge is 2.36. The molecule has 5 aliphatic rings. The molecule has 6 amide bonds. The lowest BCUT2D eigenvalue weighted by atomic mass is 9.92. The summed E-state index contributed by atoms with van der Waals surface area (Å²) in [7, 11) is 7.52. The Balaban J connectivity index is 0.00000287. The summed E-state index contributed by atoms with van der Waals surface area (Å²) < 4.78 is 29.4. The molecule has 0 spiro atoms. The van der Waals surface area contributed by atoms with Crippen molar-refractivity contribution in [3.63, 3.8) is 0 Å². The number of hydrogen-bond acceptors (Lipinski definition) is 13. The lowest BCUT2D eigenvalue weighted by Crippen LogP contribution is -2.45. The zero-order valence-corrected chi connectivity index (χ0v) is 47.4. The van der Waals surface area contributed by atoms with E-state index < -0.39 is 12.0 Å². The van der Waals surface area contributed by atoms with Crippen LogP contribution < -0.4 is 29.6 Å². The number of aliphatic imine (C=N–C) groups is 2. The standard InChI is InChI=1S/C61H65N7O11.BH2P/c1-36(2)58(65-55(70)11-8-7-9-22-66-56(71)20-21-57(66)72)51(69)26-38(4)59(73)64-43-16-12-39(13-17-43)41-27-45-33-63-50-31-54(53(77-6)29-48(50)61(75)68(45)34-41)79-24-10-23-78-52-30-49-47(25-37(52)3)60(74)67-35-42(28-44(67)32-62-49)40-14-18-46(76-5)19-15-40;1-2/h12-21,25,29-36,38,44-45,58H,7-11,22-24,26-28H2,1-6H3,(H,64,73)(H,65,70);2H2/t38-,44+,45+,58+;/m1./s1/i;2D. The van der Waals surface area contributed by atoms with E-state index in [1.54, 1.807) is 54.3 Å². The first-order valence-corrected chi connectivity index (χ1v) is 27.6. The van der Waals surface area contributed by atoms with Crippen molar-refractivity contribution in [2.24, 2.45) is 21.8 Å². The number of aryl methyl sites for hydroxylation is 1. The second-order valence-electron chi connectivity index (χ2n) is 20.7. The number of Topliss-reactive ketones (excluding diaryl/α,β-unsaturated/α-hetero) is 1. The molecular formula is C61H67BN7O11P. The van der Waals surface area contributed by atoms with Crippen molar-refractivity contribution in [1.29, 1.82) is 1.28 Å². The minimum atomic E-state index is -0.756. The van der Waals surface area contributed by atoms with Gasteiger partial charge in [0.05, 0.1) is 75.6 Å². The zero-order chi connectivity index (χ0) is 58.6. The number of methoxy groups -OCH3 is 2. The molecule has 2 N–H and O–H groups in total. The summed E-state index contributed by atoms with van der Waals surface area (Å²) in [6.45, 7) is 8.17. The van der Waals surface area contributed by atoms with Gasteiger partial charge in [0.1, 0.15) is 11.5 Å². The lowest BCUT2D eigenvalue weighted by Gasteiger charge is -2.23. The summed E-state index contributed by atoms with van der Waals surface area (Å²) in [5.74, 6) is -0.508. The lowest BCUT2D eigenvalue weighted by molar-refractivity contribution is -0.137. The second-order valence-corrected chi connectivity index (χ2v) is 20.7. The van der Waals surface area contributed by atoms with E-state index in [-0.39, 0.29) is 87.7 Å². The Labute approximate surface area is 476 Å². The van der Waals surface area contributed by atoms with Crippen molar-refractivity contribution in [2.75, 3.05) is 39.3 Å². The monoisotopic (exact) mass is 1120 g/mol. The molecule has 0 fully saturated rings. The van der Waals surface area contributed by atoms with Crippen LogP contribution in [0.2, 0.25) is 0 Å². The van der Waals surface area contributed by atoms with Crippen LogP contribution in [-0.4, -0.2) is 129 Å². The predicted octanol–water partition coefficient (Wildman–Crippen LogP) is 8.91. The van der Waals surface area contributed by atoms with Crippen LogP contribution in [0.15, 0.2) is 107 Å². The fourth-order valence-corrected chi connectivity index (χ4v) is 10.2. The van der Waals surface area contributed by atoms with Crippen LogP contribution in [0.25, 0.3) is 11.1 Å². The molecule has 0 aromatic heterocycles. The van der Waals surface area contributed by atoms with Crippen molar-refractivity contribution < 1.29 is 52.5 Å². The van der Waals surface area contributed by atoms with E-state index >= 15 is 0 Å². The quantitative estimate of drug-likeness (QED) is 0.0310. The molecule has 5 atom stereocenters. The van der Waals surface area contributed by atoms with Gasteiger partial charge in [-0.2, -0.15) is 9.06 Å². The summed E-state index contributed by atoms with van der Waals surface area (Å²) in [6.07, 6.45) is 13.4. The Hall–Kier alpha value is -8.18. The maximum absolute atomic E-state index is 14.1. The number of hydrogen-bond donors (Lipinski definition) is 2. The molecule has 4 aromatic rings. The Kier molecular flexibility index (Phi) is 19.1. The fraction of sp³-hybridized carbons (Fsp3) is 0.361. The van der Waals surface area contributed by atoms with Crippen LogP contribution in [0.4, 0.5) is 17.1 Å². The van der Waals surface area contributed by atoms with Gasteiger partial charge in [-0.05, 0) is 89.9 Å². The van der Waals surface area contributed by atoms with Gasteiger partial charge in [0.25, 0.3) is 23.6 Å². The van der Waals surface area contributed by atoms with Crippen LogP contribution in [-0.2, 0) is 24.0 Å². The molecule has 0 saturated carbocycles. The average Bonchev–Trinajstić information content (AvgIpc) is 3.99. The minimum Gasteiger partial charge on any atom is -0.497 e. The number of unbranched alkanes of at least 4 members (excludes halogenated alkanes) is 2. The summed E-state index contributed by atoms with van der Waals surface area (Å²) in [6, 6.07) is 20.8. The third-order valence-electron chi connectivity index (χ3n) is 14.7. The molecule has 1 unspecified atom stereocenters. The van der Waals surface area contributed by atoms with E-state index in [4.69, 9.17) is 30.2 Å². The van der Waals surface area contributed by atoms with Crippen molar-refractivity contribution in [2.45, 2.75) is 97.2 Å². The number of ketones is 1. The highest BCUT2D eigenvalue weighted by atomic mass is 31.0. The summed E-state index contributed by atoms with van der Waals surface area (Å²) in [5.41, 5.74) is 7.11. The minimum absolute atomic E-state index is 0.0648. The van der Waals surface area contributed by atoms with Gasteiger partial charge in [0.2, 0.25) is 11.8 Å². The van der Waals surface area contributed by atoms with Gasteiger partial charge in [-0.1, -0.05) is 51.5 Å². The molecule has 0 saturated heterocycles. The number of carbonyl (C=O) groups excluding carboxylic acids is 7. The molecule has 20 heteroatoms. The van der Waals surface area contributed by atoms with E-state index in [1.165, 1.54) is 24.2 Å². The number of amides is 6. The van der Waals surface area contributed by atoms with E-state index in [0.29, 0.717) is 97.1 Å². The van der Waals surface area contributed by atoms with Crippen molar-refractivity contribution >= 4 is 98.5 Å². The Morgan fingerprint density at radius 1 is 0.728 bits per heavy atom. The van der Waals surface area contributed by atoms with Gasteiger partial charge < -0.3 is 39.4 Å². The van der Waals surface area contributed by atoms with E-state index in [1.807, 2.05) is 87.9 Å². The van der Waals surface area contributed by atoms with Crippen LogP contribution in [0, 0.1) is 18.8 Å². The molecule has 5 aliphatic heterocycles. The van der Waals surface area contributed by atoms with E-state index in [9.17, 15) is 33.6 Å². The van der Waals surface area contributed by atoms with Crippen LogP contribution in [0.5, 0.6) is 23.0 Å². The normalized spacial score (nSPS) is 17.7. The maximum atomic E-state index is 14.1. The molecule has 0 bridgehead atoms. The molecule has 2 radical (unpaired) electrons. The Morgan fingerprint density at radius 3 is 1.85 bits per heavy atom. The first kappa shape index (κ1) is 57.5. The molecule has 5 heterocycles. The van der Waals surface area contributed by atoms with Gasteiger partial charge >= 0.3 is 0 Å². The number of imide groups is 1. The third kappa shape index (κ3) is 13.9. The third-order valence-corrected chi connectivity index (χ3v) is 14.7. The summed E-state index contributed by atoms with van der Waals surface area (Å²) in [5, 5.41) is 5.75. The number of rotatable bonds is 23. The number of carbonyl (C=O) groups is 7. The van der Waals surface area contributed by atoms with E-state index in [2.05, 4.69) is 18.2 Å². The molecule has 420 valence electrons. The number of fused-ring (bicyclic) bond motifs is 4. The number of nitrogens with zero attached hydrogens (tertiary/aromatic N) is 5. The summed E-state index contributed by atoms with van der Waals surface area (Å²) in [4.78, 5) is 105. The molecule has 9 rings (SSSR count). The van der Waals surface area contributed by atoms with Crippen LogP contribution in [0.1, 0.15) is 110 Å². The average molecular weight is 1120 g/mol. The highest BCUT2D eigenvalue weighted by molar-refractivity contribution is 7.49. The first-order valence-electron chi connectivity index (χ1n) is 27.6. The SMILES string of the molecule is COc1ccc(C2=CN3C(=O)c4cc(C)c(OCCCOc5cc6c(cc5OC)C(=O)N5C=C(c7ccc(NC(=O)[C@H](C)CC(=O)[C@@H](NC(=O)CCCCCN8C(=O)C=CC8=O)C(C)C)cc7)C[C@H]5C=N6)cc4N=C[C@@H]3C2)cc1.[2H]P[B]. The van der Waals surface area contributed by atoms with Gasteiger partial charge in [0, 0.05) is 101 Å². The Morgan fingerprint density at radius 2 is 1.28 bits per heavy atom. The zero-order valence-electron chi connectivity index (χ0n) is 47.4. The van der Waals surface area contributed by atoms with Gasteiger partial charge in [-0.25, -0.2) is 0 Å². The number of nitrogens with one attached hydrogen (secondary N) is 2. The van der Waals surface area contributed by atoms with Gasteiger partial charge in [0.15, 0.2) is 17.3 Å². The molecule has 4 aromatic carbocycles. The van der Waals surface area contributed by atoms with Gasteiger partial charge in [-0.3, -0.25) is 48.4 Å². The van der Waals surface area contributed by atoms with Crippen molar-refractivity contribution in [1.82, 2.24) is 20.0 Å². The van der Waals surface area contributed by atoms with Crippen LogP contribution in [0.3, 0.4) is 0 Å². The van der Waals surface area contributed by atoms with Crippen LogP contribution >= 0.6 is 9.06 Å². The van der Waals surface area contributed by atoms with Crippen molar-refractivity contribution in [3.8, 4) is 23.0 Å². The molecule has 18 nitrogen and oxygen atoms in total. The highest BCUT2D eigenvalue weighted by Crippen LogP contribution is 2.41. The Bertz CT molecular complexity index is 3240. The number of ether oxygens (including phenoxy) is 4. The summed E-state index contributed by atoms with van der Waals surface area (Å²) >= 11 is 0. The molecular weight excluding hydrogens is 1050 g/mol. The molecule has 0 aliphatic carbocycles.